The average Bonchev–Trinajstić information content (AvgIpc) is 2.34. The lowest BCUT2D eigenvalue weighted by atomic mass is 10.1. The third-order valence-electron chi connectivity index (χ3n) is 2.55. The molecule has 1 rings (SSSR count). The summed E-state index contributed by atoms with van der Waals surface area (Å²) in [6, 6.07) is 7.82. The second-order valence-corrected chi connectivity index (χ2v) is 4.37. The van der Waals surface area contributed by atoms with Crippen LogP contribution in [0, 0.1) is 0 Å². The molecule has 0 aromatic heterocycles. The Hall–Kier alpha value is -0.610. The maximum Gasteiger partial charge on any atom is 0.0897 e. The average molecular weight is 258 g/mol. The lowest BCUT2D eigenvalue weighted by molar-refractivity contribution is 0.0416. The Morgan fingerprint density at radius 3 is 2.76 bits per heavy atom. The Morgan fingerprint density at radius 1 is 1.41 bits per heavy atom. The molecule has 2 atom stereocenters. The zero-order valence-electron chi connectivity index (χ0n) is 10.3. The molecule has 1 aromatic carbocycles. The number of rotatable bonds is 7. The molecule has 0 amide bonds. The number of ether oxygens (including phenoxy) is 1. The van der Waals surface area contributed by atoms with Gasteiger partial charge in [-0.05, 0) is 25.5 Å². The van der Waals surface area contributed by atoms with Crippen LogP contribution in [0.4, 0.5) is 0 Å². The Kier molecular flexibility index (Phi) is 6.52. The van der Waals surface area contributed by atoms with Crippen LogP contribution in [0.1, 0.15) is 25.5 Å². The van der Waals surface area contributed by atoms with E-state index in [0.717, 1.165) is 10.6 Å². The minimum Gasteiger partial charge on any atom is -0.389 e. The monoisotopic (exact) mass is 257 g/mol. The summed E-state index contributed by atoms with van der Waals surface area (Å²) in [5, 5.41) is 13.6. The molecule has 0 aliphatic carbocycles. The van der Waals surface area contributed by atoms with Gasteiger partial charge in [-0.1, -0.05) is 29.8 Å². The molecule has 0 saturated heterocycles. The Bertz CT molecular complexity index is 333. The van der Waals surface area contributed by atoms with E-state index in [4.69, 9.17) is 16.3 Å². The zero-order valence-corrected chi connectivity index (χ0v) is 11.1. The van der Waals surface area contributed by atoms with Crippen molar-refractivity contribution < 1.29 is 9.84 Å². The molecule has 4 heteroatoms. The van der Waals surface area contributed by atoms with E-state index in [-0.39, 0.29) is 6.04 Å². The fraction of sp³-hybridized carbons (Fsp3) is 0.538. The van der Waals surface area contributed by atoms with Crippen molar-refractivity contribution in [2.45, 2.75) is 26.0 Å². The van der Waals surface area contributed by atoms with Gasteiger partial charge in [-0.25, -0.2) is 0 Å². The number of nitrogens with one attached hydrogen (secondary N) is 1. The number of halogens is 1. The van der Waals surface area contributed by atoms with E-state index in [0.29, 0.717) is 19.8 Å². The number of hydrogen-bond donors (Lipinski definition) is 2. The van der Waals surface area contributed by atoms with Crippen LogP contribution < -0.4 is 5.32 Å². The highest BCUT2D eigenvalue weighted by molar-refractivity contribution is 6.31. The highest BCUT2D eigenvalue weighted by Crippen LogP contribution is 2.21. The van der Waals surface area contributed by atoms with E-state index in [1.807, 2.05) is 38.1 Å². The van der Waals surface area contributed by atoms with Crippen molar-refractivity contribution in [3.63, 3.8) is 0 Å². The summed E-state index contributed by atoms with van der Waals surface area (Å²) in [5.74, 6) is 0. The van der Waals surface area contributed by atoms with Gasteiger partial charge in [0.2, 0.25) is 0 Å². The lowest BCUT2D eigenvalue weighted by Crippen LogP contribution is -2.32. The Balaban J connectivity index is 2.39. The van der Waals surface area contributed by atoms with E-state index >= 15 is 0 Å². The summed E-state index contributed by atoms with van der Waals surface area (Å²) < 4.78 is 5.14. The van der Waals surface area contributed by atoms with Gasteiger partial charge < -0.3 is 15.2 Å². The Labute approximate surface area is 108 Å². The summed E-state index contributed by atoms with van der Waals surface area (Å²) in [6.07, 6.45) is -0.486. The molecule has 0 fully saturated rings. The van der Waals surface area contributed by atoms with E-state index in [1.165, 1.54) is 0 Å². The van der Waals surface area contributed by atoms with Crippen LogP contribution in [-0.2, 0) is 4.74 Å². The van der Waals surface area contributed by atoms with Gasteiger partial charge in [0.25, 0.3) is 0 Å². The molecule has 0 saturated carbocycles. The van der Waals surface area contributed by atoms with Crippen LogP contribution in [-0.4, -0.2) is 31.0 Å². The summed E-state index contributed by atoms with van der Waals surface area (Å²) >= 11 is 6.09. The van der Waals surface area contributed by atoms with Crippen LogP contribution in [0.25, 0.3) is 0 Å². The highest BCUT2D eigenvalue weighted by Gasteiger charge is 2.10. The van der Waals surface area contributed by atoms with Gasteiger partial charge in [0.15, 0.2) is 0 Å². The van der Waals surface area contributed by atoms with Gasteiger partial charge in [-0.15, -0.1) is 0 Å². The number of aliphatic hydroxyl groups is 1. The maximum atomic E-state index is 9.62. The summed E-state index contributed by atoms with van der Waals surface area (Å²) in [5.41, 5.74) is 1.04. The minimum atomic E-state index is -0.486. The molecule has 17 heavy (non-hydrogen) atoms. The van der Waals surface area contributed by atoms with Crippen LogP contribution in [0.2, 0.25) is 5.02 Å². The van der Waals surface area contributed by atoms with Gasteiger partial charge >= 0.3 is 0 Å². The van der Waals surface area contributed by atoms with E-state index < -0.39 is 6.10 Å². The van der Waals surface area contributed by atoms with Crippen LogP contribution >= 0.6 is 11.6 Å². The summed E-state index contributed by atoms with van der Waals surface area (Å²) in [7, 11) is 0. The summed E-state index contributed by atoms with van der Waals surface area (Å²) in [4.78, 5) is 0. The fourth-order valence-electron chi connectivity index (χ4n) is 1.56. The normalized spacial score (nSPS) is 14.6. The van der Waals surface area contributed by atoms with Crippen molar-refractivity contribution >= 4 is 11.6 Å². The van der Waals surface area contributed by atoms with Crippen LogP contribution in [0.15, 0.2) is 24.3 Å². The molecule has 1 aromatic rings. The first kappa shape index (κ1) is 14.5. The molecule has 0 bridgehead atoms. The molecule has 3 nitrogen and oxygen atoms in total. The van der Waals surface area contributed by atoms with Gasteiger partial charge in [-0.2, -0.15) is 0 Å². The summed E-state index contributed by atoms with van der Waals surface area (Å²) in [6.45, 7) is 5.41. The molecule has 0 aliphatic rings. The smallest absolute Gasteiger partial charge is 0.0897 e. The predicted octanol–water partition coefficient (Wildman–Crippen LogP) is 2.39. The SMILES string of the molecule is CCOCC(O)CNC(C)c1ccccc1Cl. The minimum absolute atomic E-state index is 0.111. The zero-order chi connectivity index (χ0) is 12.7. The fourth-order valence-corrected chi connectivity index (χ4v) is 1.86. The molecular weight excluding hydrogens is 238 g/mol. The molecule has 0 heterocycles. The number of aliphatic hydroxyl groups excluding tert-OH is 1. The number of benzene rings is 1. The molecule has 2 unspecified atom stereocenters. The van der Waals surface area contributed by atoms with Crippen molar-refractivity contribution in [3.8, 4) is 0 Å². The van der Waals surface area contributed by atoms with Gasteiger partial charge in [0.05, 0.1) is 12.7 Å². The second kappa shape index (κ2) is 7.67. The van der Waals surface area contributed by atoms with Gasteiger partial charge in [-0.3, -0.25) is 0 Å². The molecule has 0 radical (unpaired) electrons. The van der Waals surface area contributed by atoms with E-state index in [1.54, 1.807) is 0 Å². The number of hydrogen-bond acceptors (Lipinski definition) is 3. The quantitative estimate of drug-likeness (QED) is 0.788. The standard InChI is InChI=1S/C13H20ClNO2/c1-3-17-9-11(16)8-15-10(2)12-6-4-5-7-13(12)14/h4-7,10-11,15-16H,3,8-9H2,1-2H3. The molecular formula is C13H20ClNO2. The largest absolute Gasteiger partial charge is 0.389 e. The molecule has 0 spiro atoms. The highest BCUT2D eigenvalue weighted by atomic mass is 35.5. The third kappa shape index (κ3) is 5.04. The first-order chi connectivity index (χ1) is 8.15. The van der Waals surface area contributed by atoms with Crippen LogP contribution in [0.5, 0.6) is 0 Å². The molecule has 96 valence electrons. The predicted molar refractivity (Wildman–Crippen MR) is 70.4 cm³/mol. The van der Waals surface area contributed by atoms with Gasteiger partial charge in [0.1, 0.15) is 0 Å². The van der Waals surface area contributed by atoms with E-state index in [9.17, 15) is 5.11 Å². The van der Waals surface area contributed by atoms with E-state index in [2.05, 4.69) is 5.32 Å². The third-order valence-corrected chi connectivity index (χ3v) is 2.89. The van der Waals surface area contributed by atoms with Crippen molar-refractivity contribution in [1.82, 2.24) is 5.32 Å². The van der Waals surface area contributed by atoms with Crippen molar-refractivity contribution in [2.24, 2.45) is 0 Å². The van der Waals surface area contributed by atoms with Gasteiger partial charge in [0, 0.05) is 24.2 Å². The molecule has 2 N–H and O–H groups in total. The first-order valence-electron chi connectivity index (χ1n) is 5.88. The lowest BCUT2D eigenvalue weighted by Gasteiger charge is -2.18. The second-order valence-electron chi connectivity index (χ2n) is 3.96. The van der Waals surface area contributed by atoms with Crippen molar-refractivity contribution in [2.75, 3.05) is 19.8 Å². The topological polar surface area (TPSA) is 41.5 Å². The van der Waals surface area contributed by atoms with Crippen LogP contribution in [0.3, 0.4) is 0 Å². The maximum absolute atomic E-state index is 9.62. The Morgan fingerprint density at radius 2 is 2.12 bits per heavy atom. The first-order valence-corrected chi connectivity index (χ1v) is 6.26. The molecule has 0 aliphatic heterocycles. The van der Waals surface area contributed by atoms with Crippen molar-refractivity contribution in [1.29, 1.82) is 0 Å². The van der Waals surface area contributed by atoms with Crippen molar-refractivity contribution in [3.05, 3.63) is 34.9 Å².